The van der Waals surface area contributed by atoms with E-state index in [1.165, 1.54) is 6.07 Å². The van der Waals surface area contributed by atoms with Crippen molar-refractivity contribution in [2.45, 2.75) is 25.8 Å². The molecule has 0 atom stereocenters. The summed E-state index contributed by atoms with van der Waals surface area (Å²) in [5.74, 6) is 2.39. The Bertz CT molecular complexity index is 371. The van der Waals surface area contributed by atoms with Crippen molar-refractivity contribution < 1.29 is 4.39 Å². The molecule has 1 nitrogen and oxygen atoms in total. The zero-order valence-corrected chi connectivity index (χ0v) is 10.7. The third-order valence-corrected chi connectivity index (χ3v) is 2.85. The molecule has 0 heterocycles. The SMILES string of the molecule is C#CCCCCNCc1ccc(F)c(Br)c1. The third kappa shape index (κ3) is 4.78. The van der Waals surface area contributed by atoms with Gasteiger partial charge >= 0.3 is 0 Å². The lowest BCUT2D eigenvalue weighted by molar-refractivity contribution is 0.613. The van der Waals surface area contributed by atoms with Gasteiger partial charge in [0.2, 0.25) is 0 Å². The molecular weight excluding hydrogens is 269 g/mol. The predicted octanol–water partition coefficient (Wildman–Crippen LogP) is 3.48. The fourth-order valence-electron chi connectivity index (χ4n) is 1.36. The van der Waals surface area contributed by atoms with E-state index in [4.69, 9.17) is 6.42 Å². The zero-order chi connectivity index (χ0) is 11.8. The molecule has 0 unspecified atom stereocenters. The first kappa shape index (κ1) is 13.2. The highest BCUT2D eigenvalue weighted by molar-refractivity contribution is 9.10. The smallest absolute Gasteiger partial charge is 0.137 e. The molecule has 1 N–H and O–H groups in total. The molecule has 0 aliphatic rings. The molecule has 1 rings (SSSR count). The topological polar surface area (TPSA) is 12.0 Å². The molecule has 0 aromatic heterocycles. The minimum absolute atomic E-state index is 0.224. The highest BCUT2D eigenvalue weighted by atomic mass is 79.9. The molecule has 0 radical (unpaired) electrons. The van der Waals surface area contributed by atoms with E-state index >= 15 is 0 Å². The summed E-state index contributed by atoms with van der Waals surface area (Å²) in [5, 5.41) is 3.30. The third-order valence-electron chi connectivity index (χ3n) is 2.24. The van der Waals surface area contributed by atoms with E-state index in [0.29, 0.717) is 4.47 Å². The summed E-state index contributed by atoms with van der Waals surface area (Å²) in [6.07, 6.45) is 8.12. The van der Waals surface area contributed by atoms with E-state index in [-0.39, 0.29) is 5.82 Å². The monoisotopic (exact) mass is 283 g/mol. The maximum Gasteiger partial charge on any atom is 0.137 e. The normalized spacial score (nSPS) is 10.1. The van der Waals surface area contributed by atoms with Gasteiger partial charge in [0.15, 0.2) is 0 Å². The number of hydrogen-bond donors (Lipinski definition) is 1. The van der Waals surface area contributed by atoms with Gasteiger partial charge in [-0.3, -0.25) is 0 Å². The van der Waals surface area contributed by atoms with E-state index < -0.39 is 0 Å². The van der Waals surface area contributed by atoms with E-state index in [2.05, 4.69) is 27.2 Å². The van der Waals surface area contributed by atoms with Crippen LogP contribution in [0, 0.1) is 18.2 Å². The van der Waals surface area contributed by atoms with Crippen molar-refractivity contribution in [3.63, 3.8) is 0 Å². The van der Waals surface area contributed by atoms with Crippen LogP contribution in [0.5, 0.6) is 0 Å². The summed E-state index contributed by atoms with van der Waals surface area (Å²) >= 11 is 3.16. The second-order valence-corrected chi connectivity index (χ2v) is 4.44. The molecule has 0 spiro atoms. The fourth-order valence-corrected chi connectivity index (χ4v) is 1.79. The summed E-state index contributed by atoms with van der Waals surface area (Å²) in [7, 11) is 0. The molecule has 0 saturated carbocycles. The quantitative estimate of drug-likeness (QED) is 0.623. The van der Waals surface area contributed by atoms with Gasteiger partial charge in [-0.2, -0.15) is 0 Å². The van der Waals surface area contributed by atoms with Crippen LogP contribution in [0.15, 0.2) is 22.7 Å². The summed E-state index contributed by atoms with van der Waals surface area (Å²) in [5.41, 5.74) is 1.07. The Hall–Kier alpha value is -0.850. The van der Waals surface area contributed by atoms with Crippen LogP contribution in [0.3, 0.4) is 0 Å². The second kappa shape index (κ2) is 7.43. The highest BCUT2D eigenvalue weighted by Gasteiger charge is 1.99. The minimum Gasteiger partial charge on any atom is -0.313 e. The van der Waals surface area contributed by atoms with Crippen molar-refractivity contribution in [1.82, 2.24) is 5.32 Å². The standard InChI is InChI=1S/C13H15BrFN/c1-2-3-4-5-8-16-10-11-6-7-13(15)12(14)9-11/h1,6-7,9,16H,3-5,8,10H2. The van der Waals surface area contributed by atoms with E-state index in [9.17, 15) is 4.39 Å². The summed E-state index contributed by atoms with van der Waals surface area (Å²) < 4.78 is 13.5. The molecule has 0 fully saturated rings. The first-order valence-electron chi connectivity index (χ1n) is 5.32. The maximum absolute atomic E-state index is 12.9. The van der Waals surface area contributed by atoms with Crippen molar-refractivity contribution in [3.05, 3.63) is 34.1 Å². The fraction of sp³-hybridized carbons (Fsp3) is 0.385. The molecule has 3 heteroatoms. The van der Waals surface area contributed by atoms with Gasteiger partial charge in [0, 0.05) is 13.0 Å². The van der Waals surface area contributed by atoms with Gasteiger partial charge in [-0.1, -0.05) is 6.07 Å². The number of nitrogens with one attached hydrogen (secondary N) is 1. The van der Waals surface area contributed by atoms with Crippen LogP contribution in [0.25, 0.3) is 0 Å². The molecule has 16 heavy (non-hydrogen) atoms. The Kier molecular flexibility index (Phi) is 6.14. The lowest BCUT2D eigenvalue weighted by Gasteiger charge is -2.05. The van der Waals surface area contributed by atoms with Crippen molar-refractivity contribution in [2.24, 2.45) is 0 Å². The van der Waals surface area contributed by atoms with Crippen LogP contribution in [0.2, 0.25) is 0 Å². The van der Waals surface area contributed by atoms with Crippen molar-refractivity contribution >= 4 is 15.9 Å². The molecule has 86 valence electrons. The molecule has 1 aromatic carbocycles. The number of rotatable bonds is 6. The molecule has 0 aliphatic heterocycles. The van der Waals surface area contributed by atoms with Crippen molar-refractivity contribution in [3.8, 4) is 12.3 Å². The van der Waals surface area contributed by atoms with Crippen LogP contribution >= 0.6 is 15.9 Å². The zero-order valence-electron chi connectivity index (χ0n) is 9.10. The summed E-state index contributed by atoms with van der Waals surface area (Å²) in [4.78, 5) is 0. The minimum atomic E-state index is -0.224. The van der Waals surface area contributed by atoms with Gasteiger partial charge in [0.05, 0.1) is 4.47 Å². The van der Waals surface area contributed by atoms with Crippen molar-refractivity contribution in [1.29, 1.82) is 0 Å². The number of benzene rings is 1. The van der Waals surface area contributed by atoms with Gasteiger partial charge in [-0.05, 0) is 53.0 Å². The van der Waals surface area contributed by atoms with Crippen LogP contribution in [-0.4, -0.2) is 6.54 Å². The molecular formula is C13H15BrFN. The maximum atomic E-state index is 12.9. The lowest BCUT2D eigenvalue weighted by atomic mass is 10.2. The van der Waals surface area contributed by atoms with Crippen LogP contribution in [0.4, 0.5) is 4.39 Å². The van der Waals surface area contributed by atoms with Gasteiger partial charge in [0.25, 0.3) is 0 Å². The van der Waals surface area contributed by atoms with E-state index in [1.54, 1.807) is 12.1 Å². The Morgan fingerprint density at radius 3 is 2.88 bits per heavy atom. The Morgan fingerprint density at radius 1 is 1.38 bits per heavy atom. The number of terminal acetylenes is 1. The number of hydrogen-bond acceptors (Lipinski definition) is 1. The molecule has 0 aliphatic carbocycles. The van der Waals surface area contributed by atoms with Crippen LogP contribution in [-0.2, 0) is 6.54 Å². The van der Waals surface area contributed by atoms with Crippen LogP contribution < -0.4 is 5.32 Å². The van der Waals surface area contributed by atoms with E-state index in [0.717, 1.165) is 37.9 Å². The Morgan fingerprint density at radius 2 is 2.19 bits per heavy atom. The van der Waals surface area contributed by atoms with E-state index in [1.807, 2.05) is 0 Å². The summed E-state index contributed by atoms with van der Waals surface area (Å²) in [6, 6.07) is 5.05. The second-order valence-electron chi connectivity index (χ2n) is 3.59. The first-order valence-corrected chi connectivity index (χ1v) is 6.11. The number of halogens is 2. The predicted molar refractivity (Wildman–Crippen MR) is 68.5 cm³/mol. The Labute approximate surface area is 105 Å². The Balaban J connectivity index is 2.22. The van der Waals surface area contributed by atoms with Gasteiger partial charge in [-0.25, -0.2) is 4.39 Å². The molecule has 0 saturated heterocycles. The van der Waals surface area contributed by atoms with Gasteiger partial charge < -0.3 is 5.32 Å². The molecule has 0 bridgehead atoms. The molecule has 1 aromatic rings. The lowest BCUT2D eigenvalue weighted by Crippen LogP contribution is -2.14. The van der Waals surface area contributed by atoms with Crippen LogP contribution in [0.1, 0.15) is 24.8 Å². The largest absolute Gasteiger partial charge is 0.313 e. The number of unbranched alkanes of at least 4 members (excludes halogenated alkanes) is 2. The van der Waals surface area contributed by atoms with Crippen molar-refractivity contribution in [2.75, 3.05) is 6.54 Å². The molecule has 0 amide bonds. The first-order chi connectivity index (χ1) is 7.74. The van der Waals surface area contributed by atoms with Gasteiger partial charge in [-0.15, -0.1) is 12.3 Å². The van der Waals surface area contributed by atoms with Gasteiger partial charge in [0.1, 0.15) is 5.82 Å². The summed E-state index contributed by atoms with van der Waals surface area (Å²) in [6.45, 7) is 1.70. The average Bonchev–Trinajstić information content (AvgIpc) is 2.28. The highest BCUT2D eigenvalue weighted by Crippen LogP contribution is 2.16. The average molecular weight is 284 g/mol.